The van der Waals surface area contributed by atoms with Gasteiger partial charge in [-0.2, -0.15) is 0 Å². The Kier molecular flexibility index (Phi) is 18.1. The van der Waals surface area contributed by atoms with Crippen LogP contribution in [0.1, 0.15) is 85.0 Å². The van der Waals surface area contributed by atoms with Crippen molar-refractivity contribution in [2.45, 2.75) is 96.6 Å². The summed E-state index contributed by atoms with van der Waals surface area (Å²) in [5, 5.41) is 9.37. The number of amides is 1. The second-order valence-electron chi connectivity index (χ2n) is 8.41. The molecule has 7 nitrogen and oxygen atoms in total. The minimum atomic E-state index is -0.778. The first-order chi connectivity index (χ1) is 14.4. The standard InChI is InChI=1S/C23H48N4O3/c1-5-7-10-15-26-20(22(29)23(3,24)14-8-6-2)12-9-11-16-27-21(28)13-18-30-19-17-25-4/h20,25-26H,5-19,24H2,1-4H3,(H,27,28). The van der Waals surface area contributed by atoms with Gasteiger partial charge in [-0.1, -0.05) is 39.5 Å². The Morgan fingerprint density at radius 3 is 2.33 bits per heavy atom. The van der Waals surface area contributed by atoms with Crippen molar-refractivity contribution >= 4 is 11.7 Å². The van der Waals surface area contributed by atoms with Crippen LogP contribution in [0.15, 0.2) is 0 Å². The summed E-state index contributed by atoms with van der Waals surface area (Å²) < 4.78 is 5.36. The molecule has 178 valence electrons. The molecule has 0 radical (unpaired) electrons. The number of Topliss-reactive ketones (excluding diaryl/α,β-unsaturated/α-hetero) is 1. The SMILES string of the molecule is CCCCCNC(CCCCNC(=O)CCOCCNC)C(=O)C(C)(N)CCCC. The van der Waals surface area contributed by atoms with Crippen LogP contribution in [0.25, 0.3) is 0 Å². The summed E-state index contributed by atoms with van der Waals surface area (Å²) in [7, 11) is 1.87. The van der Waals surface area contributed by atoms with E-state index in [0.29, 0.717) is 26.2 Å². The molecule has 0 heterocycles. The van der Waals surface area contributed by atoms with E-state index in [9.17, 15) is 9.59 Å². The number of unbranched alkanes of at least 4 members (excludes halogenated alkanes) is 4. The van der Waals surface area contributed by atoms with Gasteiger partial charge in [0.15, 0.2) is 5.78 Å². The molecule has 0 rings (SSSR count). The van der Waals surface area contributed by atoms with Crippen LogP contribution in [0.4, 0.5) is 0 Å². The molecule has 0 aromatic heterocycles. The van der Waals surface area contributed by atoms with Crippen molar-refractivity contribution in [2.75, 3.05) is 39.9 Å². The van der Waals surface area contributed by atoms with Crippen molar-refractivity contribution in [3.63, 3.8) is 0 Å². The summed E-state index contributed by atoms with van der Waals surface area (Å²) in [4.78, 5) is 24.9. The van der Waals surface area contributed by atoms with Gasteiger partial charge in [-0.15, -0.1) is 0 Å². The molecule has 0 saturated heterocycles. The Morgan fingerprint density at radius 2 is 1.67 bits per heavy atom. The monoisotopic (exact) mass is 428 g/mol. The number of nitrogens with two attached hydrogens (primary N) is 1. The summed E-state index contributed by atoms with van der Waals surface area (Å²) in [5.41, 5.74) is 5.58. The van der Waals surface area contributed by atoms with Crippen LogP contribution in [0, 0.1) is 0 Å². The highest BCUT2D eigenvalue weighted by Crippen LogP contribution is 2.17. The quantitative estimate of drug-likeness (QED) is 0.209. The van der Waals surface area contributed by atoms with Crippen molar-refractivity contribution in [3.05, 3.63) is 0 Å². The number of ether oxygens (including phenoxy) is 1. The number of rotatable bonds is 21. The minimum absolute atomic E-state index is 0.0128. The molecule has 2 unspecified atom stereocenters. The maximum Gasteiger partial charge on any atom is 0.222 e. The van der Waals surface area contributed by atoms with Gasteiger partial charge in [-0.3, -0.25) is 9.59 Å². The highest BCUT2D eigenvalue weighted by molar-refractivity contribution is 5.92. The van der Waals surface area contributed by atoms with E-state index in [0.717, 1.165) is 70.9 Å². The maximum atomic E-state index is 13.0. The average molecular weight is 429 g/mol. The fourth-order valence-corrected chi connectivity index (χ4v) is 3.27. The predicted octanol–water partition coefficient (Wildman–Crippen LogP) is 2.52. The molecule has 0 aliphatic carbocycles. The molecule has 5 N–H and O–H groups in total. The van der Waals surface area contributed by atoms with Gasteiger partial charge in [0, 0.05) is 19.5 Å². The topological polar surface area (TPSA) is 105 Å². The van der Waals surface area contributed by atoms with Gasteiger partial charge in [0.25, 0.3) is 0 Å². The molecule has 0 saturated carbocycles. The van der Waals surface area contributed by atoms with Crippen LogP contribution in [0.2, 0.25) is 0 Å². The fourth-order valence-electron chi connectivity index (χ4n) is 3.27. The lowest BCUT2D eigenvalue weighted by Gasteiger charge is -2.29. The molecule has 0 spiro atoms. The molecule has 0 aromatic rings. The van der Waals surface area contributed by atoms with E-state index in [1.165, 1.54) is 0 Å². The predicted molar refractivity (Wildman–Crippen MR) is 125 cm³/mol. The first kappa shape index (κ1) is 29.0. The minimum Gasteiger partial charge on any atom is -0.380 e. The molecule has 0 fully saturated rings. The van der Waals surface area contributed by atoms with E-state index in [1.54, 1.807) is 0 Å². The Hall–Kier alpha value is -1.02. The van der Waals surface area contributed by atoms with E-state index in [4.69, 9.17) is 10.5 Å². The van der Waals surface area contributed by atoms with Crippen molar-refractivity contribution in [1.29, 1.82) is 0 Å². The normalized spacial score (nSPS) is 14.3. The number of hydrogen-bond donors (Lipinski definition) is 4. The van der Waals surface area contributed by atoms with E-state index in [2.05, 4.69) is 29.8 Å². The van der Waals surface area contributed by atoms with Gasteiger partial charge in [-0.05, 0) is 52.6 Å². The molecule has 0 aliphatic rings. The summed E-state index contributed by atoms with van der Waals surface area (Å²) in [5.74, 6) is 0.133. The molecule has 0 bridgehead atoms. The molecule has 30 heavy (non-hydrogen) atoms. The van der Waals surface area contributed by atoms with E-state index < -0.39 is 5.54 Å². The average Bonchev–Trinajstić information content (AvgIpc) is 2.72. The zero-order chi connectivity index (χ0) is 22.7. The van der Waals surface area contributed by atoms with Crippen molar-refractivity contribution in [2.24, 2.45) is 5.73 Å². The lowest BCUT2D eigenvalue weighted by atomic mass is 9.85. The molecular formula is C23H48N4O3. The molecule has 0 aromatic carbocycles. The first-order valence-corrected chi connectivity index (χ1v) is 11.9. The molecule has 1 amide bonds. The Balaban J connectivity index is 4.27. The highest BCUT2D eigenvalue weighted by Gasteiger charge is 2.33. The second kappa shape index (κ2) is 18.7. The van der Waals surface area contributed by atoms with E-state index in [-0.39, 0.29) is 17.7 Å². The number of ketones is 1. The van der Waals surface area contributed by atoms with Crippen molar-refractivity contribution in [1.82, 2.24) is 16.0 Å². The summed E-state index contributed by atoms with van der Waals surface area (Å²) in [6.07, 6.45) is 8.98. The van der Waals surface area contributed by atoms with Gasteiger partial charge < -0.3 is 26.4 Å². The van der Waals surface area contributed by atoms with Gasteiger partial charge in [0.05, 0.1) is 24.8 Å². The lowest BCUT2D eigenvalue weighted by molar-refractivity contribution is -0.126. The zero-order valence-electron chi connectivity index (χ0n) is 20.0. The first-order valence-electron chi connectivity index (χ1n) is 11.9. The van der Waals surface area contributed by atoms with Crippen LogP contribution < -0.4 is 21.7 Å². The van der Waals surface area contributed by atoms with E-state index >= 15 is 0 Å². The van der Waals surface area contributed by atoms with Crippen LogP contribution in [0.3, 0.4) is 0 Å². The van der Waals surface area contributed by atoms with Crippen LogP contribution in [-0.2, 0) is 14.3 Å². The van der Waals surface area contributed by atoms with Crippen molar-refractivity contribution < 1.29 is 14.3 Å². The lowest BCUT2D eigenvalue weighted by Crippen LogP contribution is -2.54. The zero-order valence-corrected chi connectivity index (χ0v) is 20.0. The number of likely N-dealkylation sites (N-methyl/N-ethyl adjacent to an activating group) is 1. The Bertz CT molecular complexity index is 444. The molecule has 2 atom stereocenters. The van der Waals surface area contributed by atoms with Gasteiger partial charge in [0.2, 0.25) is 5.91 Å². The van der Waals surface area contributed by atoms with Gasteiger partial charge in [0.1, 0.15) is 0 Å². The maximum absolute atomic E-state index is 13.0. The van der Waals surface area contributed by atoms with Crippen LogP contribution >= 0.6 is 0 Å². The summed E-state index contributed by atoms with van der Waals surface area (Å²) in [6, 6.07) is -0.204. The van der Waals surface area contributed by atoms with Crippen LogP contribution in [0.5, 0.6) is 0 Å². The number of carbonyl (C=O) groups is 2. The molecular weight excluding hydrogens is 380 g/mol. The van der Waals surface area contributed by atoms with Gasteiger partial charge >= 0.3 is 0 Å². The highest BCUT2D eigenvalue weighted by atomic mass is 16.5. The Labute approximate surface area is 184 Å². The Morgan fingerprint density at radius 1 is 0.967 bits per heavy atom. The fraction of sp³-hybridized carbons (Fsp3) is 0.913. The third-order valence-electron chi connectivity index (χ3n) is 5.31. The van der Waals surface area contributed by atoms with E-state index in [1.807, 2.05) is 14.0 Å². The number of nitrogens with one attached hydrogen (secondary N) is 3. The summed E-state index contributed by atoms with van der Waals surface area (Å²) >= 11 is 0. The third kappa shape index (κ3) is 14.9. The number of carbonyl (C=O) groups excluding carboxylic acids is 2. The number of hydrogen-bond acceptors (Lipinski definition) is 6. The van der Waals surface area contributed by atoms with Gasteiger partial charge in [-0.25, -0.2) is 0 Å². The second-order valence-corrected chi connectivity index (χ2v) is 8.41. The molecule has 0 aliphatic heterocycles. The third-order valence-corrected chi connectivity index (χ3v) is 5.31. The smallest absolute Gasteiger partial charge is 0.222 e. The van der Waals surface area contributed by atoms with Crippen molar-refractivity contribution in [3.8, 4) is 0 Å². The molecule has 7 heteroatoms. The summed E-state index contributed by atoms with van der Waals surface area (Å²) in [6.45, 7) is 9.47. The largest absolute Gasteiger partial charge is 0.380 e. The van der Waals surface area contributed by atoms with Crippen LogP contribution in [-0.4, -0.2) is 63.2 Å².